The summed E-state index contributed by atoms with van der Waals surface area (Å²) in [7, 11) is -4.23. The van der Waals surface area contributed by atoms with Gasteiger partial charge < -0.3 is 9.87 Å². The molecule has 0 aromatic heterocycles. The molecule has 0 bridgehead atoms. The molecule has 0 atom stereocenters. The van der Waals surface area contributed by atoms with Gasteiger partial charge in [0.1, 0.15) is 0 Å². The van der Waals surface area contributed by atoms with Crippen LogP contribution < -0.4 is 34.9 Å². The zero-order valence-corrected chi connectivity index (χ0v) is 17.1. The fourth-order valence-corrected chi connectivity index (χ4v) is 2.53. The zero-order chi connectivity index (χ0) is 16.0. The molecule has 0 unspecified atom stereocenters. The summed E-state index contributed by atoms with van der Waals surface area (Å²) in [6.07, 6.45) is 12.5. The molecule has 22 heavy (non-hydrogen) atoms. The van der Waals surface area contributed by atoms with E-state index >= 15 is 0 Å². The number of carbonyl (C=O) groups excluding carboxylic acids is 1. The van der Waals surface area contributed by atoms with Crippen molar-refractivity contribution in [3.8, 4) is 0 Å². The summed E-state index contributed by atoms with van der Waals surface area (Å²) in [6.45, 7) is 2.14. The van der Waals surface area contributed by atoms with E-state index in [9.17, 15) is 17.8 Å². The van der Waals surface area contributed by atoms with E-state index in [0.29, 0.717) is 6.42 Å². The first kappa shape index (κ1) is 24.6. The van der Waals surface area contributed by atoms with Crippen LogP contribution in [0.3, 0.4) is 0 Å². The largest absolute Gasteiger partial charge is 1.00 e. The van der Waals surface area contributed by atoms with E-state index in [-0.39, 0.29) is 42.0 Å². The van der Waals surface area contributed by atoms with Gasteiger partial charge in [0.2, 0.25) is 5.91 Å². The molecule has 0 aliphatic carbocycles. The van der Waals surface area contributed by atoms with Crippen molar-refractivity contribution in [2.75, 3.05) is 12.3 Å². The molecular weight excluding hydrogens is 313 g/mol. The molecule has 0 rings (SSSR count). The number of nitrogens with one attached hydrogen (secondary N) is 1. The van der Waals surface area contributed by atoms with Crippen LogP contribution in [0.25, 0.3) is 0 Å². The van der Waals surface area contributed by atoms with Gasteiger partial charge in [0, 0.05) is 13.0 Å². The molecule has 0 aliphatic heterocycles. The predicted molar refractivity (Wildman–Crippen MR) is 84.0 cm³/mol. The van der Waals surface area contributed by atoms with E-state index < -0.39 is 15.9 Å². The van der Waals surface area contributed by atoms with E-state index in [1.807, 2.05) is 0 Å². The van der Waals surface area contributed by atoms with Gasteiger partial charge in [0.25, 0.3) is 0 Å². The van der Waals surface area contributed by atoms with E-state index in [1.54, 1.807) is 0 Å². The SMILES string of the molecule is CCCCCCCCCCCCC(=O)NCCS(=O)(=O)[O-].[Na+]. The number of carbonyl (C=O) groups is 1. The topological polar surface area (TPSA) is 86.3 Å². The molecule has 1 N–H and O–H groups in total. The second-order valence-corrected chi connectivity index (χ2v) is 7.07. The van der Waals surface area contributed by atoms with Gasteiger partial charge in [0.15, 0.2) is 0 Å². The standard InChI is InChI=1S/C15H31NO4S.Na/c1-2-3-4-5-6-7-8-9-10-11-12-15(17)16-13-14-21(18,19)20;/h2-14H2,1H3,(H,16,17)(H,18,19,20);/q;+1/p-1. The van der Waals surface area contributed by atoms with Gasteiger partial charge in [0.05, 0.1) is 15.9 Å². The van der Waals surface area contributed by atoms with Gasteiger partial charge in [-0.3, -0.25) is 4.79 Å². The third-order valence-corrected chi connectivity index (χ3v) is 4.14. The van der Waals surface area contributed by atoms with Crippen LogP contribution in [0.2, 0.25) is 0 Å². The molecule has 7 heteroatoms. The van der Waals surface area contributed by atoms with Crippen molar-refractivity contribution >= 4 is 16.0 Å². The Labute approximate surface area is 158 Å². The van der Waals surface area contributed by atoms with Crippen molar-refractivity contribution < 1.29 is 47.3 Å². The van der Waals surface area contributed by atoms with Crippen LogP contribution in [-0.2, 0) is 14.9 Å². The Morgan fingerprint density at radius 3 is 1.82 bits per heavy atom. The third-order valence-electron chi connectivity index (χ3n) is 3.43. The van der Waals surface area contributed by atoms with Crippen LogP contribution >= 0.6 is 0 Å². The van der Waals surface area contributed by atoms with Crippen molar-refractivity contribution in [2.24, 2.45) is 0 Å². The average molecular weight is 343 g/mol. The smallest absolute Gasteiger partial charge is 0.748 e. The fourth-order valence-electron chi connectivity index (χ4n) is 2.18. The summed E-state index contributed by atoms with van der Waals surface area (Å²) in [5, 5.41) is 2.45. The van der Waals surface area contributed by atoms with Crippen molar-refractivity contribution in [3.05, 3.63) is 0 Å². The van der Waals surface area contributed by atoms with Crippen LogP contribution in [0.5, 0.6) is 0 Å². The van der Waals surface area contributed by atoms with Crippen molar-refractivity contribution in [3.63, 3.8) is 0 Å². The monoisotopic (exact) mass is 343 g/mol. The van der Waals surface area contributed by atoms with E-state index in [0.717, 1.165) is 19.3 Å². The summed E-state index contributed by atoms with van der Waals surface area (Å²) in [6, 6.07) is 0. The summed E-state index contributed by atoms with van der Waals surface area (Å²) in [4.78, 5) is 11.4. The summed E-state index contributed by atoms with van der Waals surface area (Å²) < 4.78 is 31.0. The van der Waals surface area contributed by atoms with Gasteiger partial charge in [-0.05, 0) is 6.42 Å². The first-order valence-electron chi connectivity index (χ1n) is 8.16. The Balaban J connectivity index is 0. The first-order chi connectivity index (χ1) is 9.95. The molecule has 0 fully saturated rings. The summed E-state index contributed by atoms with van der Waals surface area (Å²) >= 11 is 0. The van der Waals surface area contributed by atoms with E-state index in [4.69, 9.17) is 0 Å². The van der Waals surface area contributed by atoms with Crippen LogP contribution in [0.4, 0.5) is 0 Å². The minimum Gasteiger partial charge on any atom is -0.748 e. The fraction of sp³-hybridized carbons (Fsp3) is 0.933. The van der Waals surface area contributed by atoms with Crippen LogP contribution in [0.1, 0.15) is 77.6 Å². The Morgan fingerprint density at radius 1 is 0.909 bits per heavy atom. The molecule has 1 amide bonds. The van der Waals surface area contributed by atoms with Crippen molar-refractivity contribution in [2.45, 2.75) is 77.6 Å². The summed E-state index contributed by atoms with van der Waals surface area (Å²) in [5.41, 5.74) is 0. The maximum atomic E-state index is 11.4. The van der Waals surface area contributed by atoms with Gasteiger partial charge in [-0.1, -0.05) is 64.7 Å². The Kier molecular flexibility index (Phi) is 18.2. The zero-order valence-electron chi connectivity index (χ0n) is 14.2. The molecular formula is C15H30NNaO4S. The third kappa shape index (κ3) is 20.4. The first-order valence-corrected chi connectivity index (χ1v) is 9.73. The molecule has 0 aromatic rings. The molecule has 126 valence electrons. The molecule has 0 saturated heterocycles. The second kappa shape index (κ2) is 16.2. The van der Waals surface area contributed by atoms with Crippen molar-refractivity contribution in [1.82, 2.24) is 5.32 Å². The minimum atomic E-state index is -4.23. The molecule has 0 saturated carbocycles. The number of hydrogen-bond acceptors (Lipinski definition) is 4. The van der Waals surface area contributed by atoms with E-state index in [1.165, 1.54) is 44.9 Å². The maximum Gasteiger partial charge on any atom is 1.00 e. The summed E-state index contributed by atoms with van der Waals surface area (Å²) in [5.74, 6) is -0.699. The van der Waals surface area contributed by atoms with Gasteiger partial charge in [-0.2, -0.15) is 0 Å². The Bertz CT molecular complexity index is 361. The molecule has 0 aliphatic rings. The van der Waals surface area contributed by atoms with Crippen molar-refractivity contribution in [1.29, 1.82) is 0 Å². The minimum absolute atomic E-state index is 0. The van der Waals surface area contributed by atoms with Crippen LogP contribution in [0, 0.1) is 0 Å². The van der Waals surface area contributed by atoms with Gasteiger partial charge in [-0.15, -0.1) is 0 Å². The average Bonchev–Trinajstić information content (AvgIpc) is 2.39. The van der Waals surface area contributed by atoms with E-state index in [2.05, 4.69) is 12.2 Å². The molecule has 0 aromatic carbocycles. The van der Waals surface area contributed by atoms with Gasteiger partial charge >= 0.3 is 29.6 Å². The maximum absolute atomic E-state index is 11.4. The quantitative estimate of drug-likeness (QED) is 0.272. The predicted octanol–water partition coefficient (Wildman–Crippen LogP) is -0.0372. The van der Waals surface area contributed by atoms with Crippen LogP contribution in [-0.4, -0.2) is 31.2 Å². The second-order valence-electron chi connectivity index (χ2n) is 5.54. The number of rotatable bonds is 14. The Morgan fingerprint density at radius 2 is 1.36 bits per heavy atom. The number of hydrogen-bond donors (Lipinski definition) is 1. The van der Waals surface area contributed by atoms with Gasteiger partial charge in [-0.25, -0.2) is 8.42 Å². The number of amides is 1. The Hall–Kier alpha value is 0.380. The van der Waals surface area contributed by atoms with Crippen LogP contribution in [0.15, 0.2) is 0 Å². The molecule has 0 radical (unpaired) electrons. The molecule has 0 spiro atoms. The number of unbranched alkanes of at least 4 members (excludes halogenated alkanes) is 9. The molecule has 5 nitrogen and oxygen atoms in total. The molecule has 0 heterocycles. The normalized spacial score (nSPS) is 11.0.